The number of fused-ring (bicyclic) bond motifs is 1. The molecule has 0 aliphatic heterocycles. The molecule has 12 heavy (non-hydrogen) atoms. The van der Waals surface area contributed by atoms with E-state index in [1.165, 1.54) is 10.6 Å². The molecule has 2 rings (SSSR count). The Bertz CT molecular complexity index is 476. The van der Waals surface area contributed by atoms with Crippen LogP contribution >= 0.6 is 0 Å². The maximum atomic E-state index is 11.3. The quantitative estimate of drug-likeness (QED) is 0.575. The lowest BCUT2D eigenvalue weighted by molar-refractivity contribution is 1.00. The molecule has 0 spiro atoms. The minimum atomic E-state index is -0.284. The zero-order valence-electron chi connectivity index (χ0n) is 6.14. The SMILES string of the molecule is Nc1cnc2ncccn2c1=O. The third kappa shape index (κ3) is 0.833. The van der Waals surface area contributed by atoms with Crippen molar-refractivity contribution in [2.24, 2.45) is 0 Å². The summed E-state index contributed by atoms with van der Waals surface area (Å²) < 4.78 is 1.30. The Labute approximate surface area is 67.5 Å². The standard InChI is InChI=1S/C7H6N4O/c8-5-4-10-7-9-2-1-3-11(7)6(5)12/h1-4H,8H2. The van der Waals surface area contributed by atoms with E-state index in [1.807, 2.05) is 0 Å². The van der Waals surface area contributed by atoms with Crippen molar-refractivity contribution in [3.05, 3.63) is 35.0 Å². The van der Waals surface area contributed by atoms with Gasteiger partial charge in [-0.25, -0.2) is 9.97 Å². The van der Waals surface area contributed by atoms with E-state index in [0.717, 1.165) is 0 Å². The molecule has 60 valence electrons. The normalized spacial score (nSPS) is 10.3. The van der Waals surface area contributed by atoms with E-state index in [9.17, 15) is 4.79 Å². The van der Waals surface area contributed by atoms with Crippen molar-refractivity contribution in [1.29, 1.82) is 0 Å². The molecule has 0 amide bonds. The molecular formula is C7H6N4O. The lowest BCUT2D eigenvalue weighted by atomic mass is 10.5. The van der Waals surface area contributed by atoms with Gasteiger partial charge in [0.25, 0.3) is 5.56 Å². The summed E-state index contributed by atoms with van der Waals surface area (Å²) >= 11 is 0. The molecule has 2 aromatic heterocycles. The highest BCUT2D eigenvalue weighted by Crippen LogP contribution is 1.93. The van der Waals surface area contributed by atoms with Gasteiger partial charge in [-0.15, -0.1) is 0 Å². The summed E-state index contributed by atoms with van der Waals surface area (Å²) in [5, 5.41) is 0. The molecular weight excluding hydrogens is 156 g/mol. The molecule has 0 bridgehead atoms. The summed E-state index contributed by atoms with van der Waals surface area (Å²) in [4.78, 5) is 19.0. The Balaban J connectivity index is 3.01. The van der Waals surface area contributed by atoms with Crippen LogP contribution in [0.3, 0.4) is 0 Å². The Morgan fingerprint density at radius 2 is 2.25 bits per heavy atom. The number of anilines is 1. The topological polar surface area (TPSA) is 73.3 Å². The summed E-state index contributed by atoms with van der Waals surface area (Å²) in [5.41, 5.74) is 5.20. The van der Waals surface area contributed by atoms with E-state index in [4.69, 9.17) is 5.73 Å². The van der Waals surface area contributed by atoms with Gasteiger partial charge in [0, 0.05) is 12.4 Å². The largest absolute Gasteiger partial charge is 0.393 e. The second-order valence-electron chi connectivity index (χ2n) is 2.31. The van der Waals surface area contributed by atoms with E-state index in [2.05, 4.69) is 9.97 Å². The van der Waals surface area contributed by atoms with Crippen molar-refractivity contribution in [3.8, 4) is 0 Å². The molecule has 2 N–H and O–H groups in total. The average molecular weight is 162 g/mol. The molecule has 2 heterocycles. The molecule has 0 fully saturated rings. The monoisotopic (exact) mass is 162 g/mol. The molecule has 0 aliphatic carbocycles. The van der Waals surface area contributed by atoms with Gasteiger partial charge in [0.15, 0.2) is 0 Å². The van der Waals surface area contributed by atoms with E-state index in [0.29, 0.717) is 5.78 Å². The van der Waals surface area contributed by atoms with Crippen LogP contribution in [0.25, 0.3) is 5.78 Å². The van der Waals surface area contributed by atoms with Crippen LogP contribution in [-0.2, 0) is 0 Å². The minimum absolute atomic E-state index is 0.125. The fourth-order valence-corrected chi connectivity index (χ4v) is 0.939. The van der Waals surface area contributed by atoms with Crippen LogP contribution in [0.2, 0.25) is 0 Å². The lowest BCUT2D eigenvalue weighted by Crippen LogP contribution is -2.18. The van der Waals surface area contributed by atoms with Gasteiger partial charge < -0.3 is 5.73 Å². The molecule has 5 heteroatoms. The van der Waals surface area contributed by atoms with Crippen LogP contribution in [0, 0.1) is 0 Å². The molecule has 2 aromatic rings. The number of rotatable bonds is 0. The molecule has 5 nitrogen and oxygen atoms in total. The summed E-state index contributed by atoms with van der Waals surface area (Å²) in [5.74, 6) is 0.358. The highest BCUT2D eigenvalue weighted by atomic mass is 16.1. The molecule has 0 aromatic carbocycles. The summed E-state index contributed by atoms with van der Waals surface area (Å²) in [6.45, 7) is 0. The van der Waals surface area contributed by atoms with E-state index >= 15 is 0 Å². The van der Waals surface area contributed by atoms with Gasteiger partial charge >= 0.3 is 0 Å². The first-order chi connectivity index (χ1) is 5.79. The third-order valence-electron chi connectivity index (χ3n) is 1.51. The highest BCUT2D eigenvalue weighted by molar-refractivity contribution is 5.38. The summed E-state index contributed by atoms with van der Waals surface area (Å²) in [6.07, 6.45) is 4.46. The van der Waals surface area contributed by atoms with Crippen molar-refractivity contribution in [2.45, 2.75) is 0 Å². The minimum Gasteiger partial charge on any atom is -0.393 e. The van der Waals surface area contributed by atoms with Crippen molar-refractivity contribution in [2.75, 3.05) is 5.73 Å². The lowest BCUT2D eigenvalue weighted by Gasteiger charge is -1.97. The maximum absolute atomic E-state index is 11.3. The number of hydrogen-bond acceptors (Lipinski definition) is 4. The predicted octanol–water partition coefficient (Wildman–Crippen LogP) is -0.328. The fraction of sp³-hybridized carbons (Fsp3) is 0. The van der Waals surface area contributed by atoms with Crippen LogP contribution in [0.15, 0.2) is 29.5 Å². The van der Waals surface area contributed by atoms with E-state index in [-0.39, 0.29) is 11.2 Å². The fourth-order valence-electron chi connectivity index (χ4n) is 0.939. The Morgan fingerprint density at radius 1 is 1.42 bits per heavy atom. The molecule has 0 radical (unpaired) electrons. The number of aromatic nitrogens is 3. The van der Waals surface area contributed by atoms with Gasteiger partial charge in [-0.05, 0) is 6.07 Å². The molecule has 0 atom stereocenters. The van der Waals surface area contributed by atoms with Crippen molar-refractivity contribution in [3.63, 3.8) is 0 Å². The summed E-state index contributed by atoms with van der Waals surface area (Å²) in [7, 11) is 0. The van der Waals surface area contributed by atoms with Crippen LogP contribution in [0.1, 0.15) is 0 Å². The highest BCUT2D eigenvalue weighted by Gasteiger charge is 1.99. The van der Waals surface area contributed by atoms with Crippen molar-refractivity contribution >= 4 is 11.5 Å². The smallest absolute Gasteiger partial charge is 0.282 e. The Hall–Kier alpha value is -1.91. The zero-order valence-corrected chi connectivity index (χ0v) is 6.14. The second-order valence-corrected chi connectivity index (χ2v) is 2.31. The first-order valence-corrected chi connectivity index (χ1v) is 3.37. The maximum Gasteiger partial charge on any atom is 0.282 e. The zero-order chi connectivity index (χ0) is 8.55. The van der Waals surface area contributed by atoms with E-state index < -0.39 is 0 Å². The number of nitrogens with two attached hydrogens (primary N) is 1. The van der Waals surface area contributed by atoms with Gasteiger partial charge in [-0.1, -0.05) is 0 Å². The van der Waals surface area contributed by atoms with Gasteiger partial charge in [-0.3, -0.25) is 9.20 Å². The van der Waals surface area contributed by atoms with E-state index in [1.54, 1.807) is 18.5 Å². The van der Waals surface area contributed by atoms with Crippen molar-refractivity contribution < 1.29 is 0 Å². The van der Waals surface area contributed by atoms with Crippen LogP contribution in [0.5, 0.6) is 0 Å². The average Bonchev–Trinajstić information content (AvgIpc) is 2.12. The molecule has 0 saturated heterocycles. The van der Waals surface area contributed by atoms with Crippen LogP contribution < -0.4 is 11.3 Å². The number of hydrogen-bond donors (Lipinski definition) is 1. The van der Waals surface area contributed by atoms with Crippen LogP contribution in [0.4, 0.5) is 5.69 Å². The number of nitrogens with zero attached hydrogens (tertiary/aromatic N) is 3. The Morgan fingerprint density at radius 3 is 3.08 bits per heavy atom. The first kappa shape index (κ1) is 6.78. The van der Waals surface area contributed by atoms with Gasteiger partial charge in [-0.2, -0.15) is 0 Å². The van der Waals surface area contributed by atoms with Gasteiger partial charge in [0.1, 0.15) is 5.69 Å². The number of nitrogen functional groups attached to an aromatic ring is 1. The van der Waals surface area contributed by atoms with Gasteiger partial charge in [0.05, 0.1) is 6.20 Å². The van der Waals surface area contributed by atoms with Gasteiger partial charge in [0.2, 0.25) is 5.78 Å². The Kier molecular flexibility index (Phi) is 1.30. The first-order valence-electron chi connectivity index (χ1n) is 3.37. The molecule has 0 aliphatic rings. The summed E-state index contributed by atoms with van der Waals surface area (Å²) in [6, 6.07) is 1.65. The molecule has 0 unspecified atom stereocenters. The second kappa shape index (κ2) is 2.30. The predicted molar refractivity (Wildman–Crippen MR) is 43.7 cm³/mol. The van der Waals surface area contributed by atoms with Crippen molar-refractivity contribution in [1.82, 2.24) is 14.4 Å². The molecule has 0 saturated carbocycles. The van der Waals surface area contributed by atoms with Crippen LogP contribution in [-0.4, -0.2) is 14.4 Å². The third-order valence-corrected chi connectivity index (χ3v) is 1.51.